The van der Waals surface area contributed by atoms with Gasteiger partial charge in [-0.25, -0.2) is 4.79 Å². The molecular formula is C20H36O36. The lowest BCUT2D eigenvalue weighted by Gasteiger charge is -2.51. The van der Waals surface area contributed by atoms with Crippen molar-refractivity contribution in [2.24, 2.45) is 0 Å². The maximum absolute atomic E-state index is 10.9. The Balaban J connectivity index is 7.58. The van der Waals surface area contributed by atoms with Crippen LogP contribution in [0.3, 0.4) is 0 Å². The van der Waals surface area contributed by atoms with E-state index in [0.29, 0.717) is 0 Å². The molecule has 35 N–H and O–H groups in total. The highest BCUT2D eigenvalue weighted by molar-refractivity contribution is 5.76. The van der Waals surface area contributed by atoms with Gasteiger partial charge in [-0.3, -0.25) is 0 Å². The molecule has 0 bridgehead atoms. The second kappa shape index (κ2) is 13.8. The van der Waals surface area contributed by atoms with E-state index in [0.717, 1.165) is 0 Å². The summed E-state index contributed by atoms with van der Waals surface area (Å²) in [6.07, 6.45) is -5.02. The van der Waals surface area contributed by atoms with Gasteiger partial charge in [0.25, 0.3) is 63.7 Å². The van der Waals surface area contributed by atoms with Crippen LogP contribution in [0.25, 0.3) is 0 Å². The molecule has 0 amide bonds. The van der Waals surface area contributed by atoms with Crippen molar-refractivity contribution in [2.45, 2.75) is 87.3 Å². The third-order valence-electron chi connectivity index (χ3n) is 7.73. The number of rotatable bonds is 17. The summed E-state index contributed by atoms with van der Waals surface area (Å²) < 4.78 is 0. The average Bonchev–Trinajstić information content (AvgIpc) is 3.00. The summed E-state index contributed by atoms with van der Waals surface area (Å²) in [6, 6.07) is 0. The molecule has 0 heterocycles. The minimum atomic E-state index is -6.26. The van der Waals surface area contributed by atoms with E-state index in [4.69, 9.17) is 20.4 Å². The zero-order chi connectivity index (χ0) is 46.5. The van der Waals surface area contributed by atoms with E-state index in [9.17, 15) is 163 Å². The normalized spacial score (nSPS) is 17.7. The van der Waals surface area contributed by atoms with Crippen molar-refractivity contribution in [2.75, 3.05) is 0 Å². The van der Waals surface area contributed by atoms with E-state index in [1.165, 1.54) is 0 Å². The van der Waals surface area contributed by atoms with Gasteiger partial charge in [-0.1, -0.05) is 0 Å². The lowest BCUT2D eigenvalue weighted by atomic mass is 9.80. The van der Waals surface area contributed by atoms with Gasteiger partial charge in [-0.2, -0.15) is 0 Å². The van der Waals surface area contributed by atoms with Crippen LogP contribution in [0, 0.1) is 0 Å². The number of aliphatic carboxylic acids is 1. The molecule has 0 aromatic heterocycles. The Morgan fingerprint density at radius 2 is 0.571 bits per heavy atom. The Labute approximate surface area is 300 Å². The molecule has 0 aromatic carbocycles. The molecule has 0 aliphatic carbocycles. The molecule has 0 aliphatic rings. The fraction of sp³-hybridized carbons (Fsp3) is 0.750. The van der Waals surface area contributed by atoms with E-state index < -0.39 is 116 Å². The molecule has 36 heteroatoms. The lowest BCUT2D eigenvalue weighted by Crippen LogP contribution is -2.85. The van der Waals surface area contributed by atoms with Crippen LogP contribution in [0.5, 0.6) is 0 Å². The third-order valence-corrected chi connectivity index (χ3v) is 7.73. The number of carbonyl (C=O) groups is 1. The first-order chi connectivity index (χ1) is 23.7. The summed E-state index contributed by atoms with van der Waals surface area (Å²) in [5.74, 6) is -100. The van der Waals surface area contributed by atoms with Gasteiger partial charge in [0.2, 0.25) is 23.0 Å². The molecule has 0 aromatic rings. The van der Waals surface area contributed by atoms with Crippen LogP contribution < -0.4 is 0 Å². The van der Waals surface area contributed by atoms with Gasteiger partial charge in [0.1, 0.15) is 0 Å². The van der Waals surface area contributed by atoms with Gasteiger partial charge in [-0.05, 0) is 0 Å². The quantitative estimate of drug-likeness (QED) is 0.0477. The Hall–Kier alpha value is -3.05. The van der Waals surface area contributed by atoms with Crippen LogP contribution in [-0.2, 0) is 4.79 Å². The van der Waals surface area contributed by atoms with Crippen LogP contribution in [0.1, 0.15) is 0 Å². The largest absolute Gasteiger partial charge is 0.504 e. The molecule has 1 atom stereocenters. The van der Waals surface area contributed by atoms with E-state index in [1.807, 2.05) is 0 Å². The highest BCUT2D eigenvalue weighted by atomic mass is 16.8. The number of hydrogen-bond donors (Lipinski definition) is 35. The van der Waals surface area contributed by atoms with Gasteiger partial charge in [0.05, 0.1) is 0 Å². The predicted octanol–water partition coefficient (Wildman–Crippen LogP) is -19.4. The Kier molecular flexibility index (Phi) is 13.0. The zero-order valence-corrected chi connectivity index (χ0v) is 26.1. The van der Waals surface area contributed by atoms with Gasteiger partial charge >= 0.3 is 23.5 Å². The monoisotopic (exact) mass is 852 g/mol. The summed E-state index contributed by atoms with van der Waals surface area (Å²) >= 11 is 0. The SMILES string of the molecule is O=C(O)C(O)(O)C(O)(O)C(O)(O)C(O)(O)C(O)(O)C(O)(O)C(O)=C(O)C(O)(O)C(O)=C(O)C(O)(O)C(O)(O)C(O)C(O)(O)C(O)(O)C(O)(O)C(O)(O)C(O)(O)O. The molecule has 56 heavy (non-hydrogen) atoms. The minimum Gasteiger partial charge on any atom is -0.504 e. The molecular weight excluding hydrogens is 816 g/mol. The van der Waals surface area contributed by atoms with E-state index in [2.05, 4.69) is 0 Å². The van der Waals surface area contributed by atoms with Crippen LogP contribution in [0.2, 0.25) is 0 Å². The molecule has 36 nitrogen and oxygen atoms in total. The van der Waals surface area contributed by atoms with E-state index in [-0.39, 0.29) is 0 Å². The van der Waals surface area contributed by atoms with E-state index >= 15 is 0 Å². The van der Waals surface area contributed by atoms with Crippen molar-refractivity contribution in [3.8, 4) is 0 Å². The Bertz CT molecular complexity index is 1550. The van der Waals surface area contributed by atoms with Crippen LogP contribution in [0.4, 0.5) is 0 Å². The maximum Gasteiger partial charge on any atom is 0.370 e. The second-order valence-electron chi connectivity index (χ2n) is 11.6. The van der Waals surface area contributed by atoms with Gasteiger partial charge in [-0.15, -0.1) is 0 Å². The highest BCUT2D eigenvalue weighted by Gasteiger charge is 2.83. The molecule has 0 saturated carbocycles. The fourth-order valence-corrected chi connectivity index (χ4v) is 3.63. The summed E-state index contributed by atoms with van der Waals surface area (Å²) in [6.45, 7) is 0. The highest BCUT2D eigenvalue weighted by Crippen LogP contribution is 2.46. The molecule has 0 aliphatic heterocycles. The van der Waals surface area contributed by atoms with Crippen LogP contribution in [-0.4, -0.2) is 272 Å². The van der Waals surface area contributed by atoms with Crippen LogP contribution >= 0.6 is 0 Å². The van der Waals surface area contributed by atoms with Crippen molar-refractivity contribution in [3.63, 3.8) is 0 Å². The summed E-state index contributed by atoms with van der Waals surface area (Å²) in [5, 5.41) is 339. The molecule has 0 spiro atoms. The summed E-state index contributed by atoms with van der Waals surface area (Å²) in [7, 11) is 0. The number of hydrogen-bond acceptors (Lipinski definition) is 35. The first-order valence-electron chi connectivity index (χ1n) is 12.9. The van der Waals surface area contributed by atoms with Gasteiger partial charge in [0, 0.05) is 0 Å². The molecule has 332 valence electrons. The van der Waals surface area contributed by atoms with Crippen molar-refractivity contribution < 1.29 is 184 Å². The van der Waals surface area contributed by atoms with Crippen molar-refractivity contribution in [1.82, 2.24) is 0 Å². The van der Waals surface area contributed by atoms with E-state index in [1.54, 1.807) is 0 Å². The standard InChI is InChI=1S/C20H36O36/c21-1(3(23)8(30,31)10(34,35)5(25)11(36,37)14(42,43)18(50,51)19(52,53)20(54,55)56)7(28,29)2(22)4(24)9(32,33)13(40,41)16(46,47)17(48,49)15(44,45)12(38,39)6(26)27/h5,21-25,28-56H,(H,26,27). The Morgan fingerprint density at radius 3 is 0.857 bits per heavy atom. The van der Waals surface area contributed by atoms with Crippen molar-refractivity contribution in [3.05, 3.63) is 23.0 Å². The van der Waals surface area contributed by atoms with Crippen molar-refractivity contribution >= 4 is 5.97 Å². The fourth-order valence-electron chi connectivity index (χ4n) is 3.63. The zero-order valence-electron chi connectivity index (χ0n) is 26.1. The minimum absolute atomic E-state index is 3.38. The number of aliphatic hydroxyl groups is 34. The Morgan fingerprint density at radius 1 is 0.304 bits per heavy atom. The summed E-state index contributed by atoms with van der Waals surface area (Å²) in [5.41, 5.74) is 0. The first kappa shape index (κ1) is 52.9. The molecule has 0 saturated heterocycles. The molecule has 0 rings (SSSR count). The lowest BCUT2D eigenvalue weighted by molar-refractivity contribution is -0.574. The molecule has 0 fully saturated rings. The number of carboxylic acids is 1. The summed E-state index contributed by atoms with van der Waals surface area (Å²) in [4.78, 5) is 10.9. The van der Waals surface area contributed by atoms with Gasteiger partial charge < -0.3 is 179 Å². The number of aliphatic hydroxyl groups excluding tert-OH is 5. The second-order valence-corrected chi connectivity index (χ2v) is 11.6. The number of carboxylic acid groups (broad SMARTS) is 1. The predicted molar refractivity (Wildman–Crippen MR) is 141 cm³/mol. The topological polar surface area (TPSA) is 725 Å². The smallest absolute Gasteiger partial charge is 0.370 e. The van der Waals surface area contributed by atoms with Crippen molar-refractivity contribution in [1.29, 1.82) is 0 Å². The first-order valence-corrected chi connectivity index (χ1v) is 12.9. The maximum atomic E-state index is 10.9. The van der Waals surface area contributed by atoms with Crippen LogP contribution in [0.15, 0.2) is 23.0 Å². The van der Waals surface area contributed by atoms with Gasteiger partial charge in [0.15, 0.2) is 6.10 Å². The molecule has 1 unspecified atom stereocenters. The molecule has 0 radical (unpaired) electrons. The average molecular weight is 852 g/mol. The third kappa shape index (κ3) is 6.78.